The molecule has 6 heteroatoms. The number of aliphatic hydroxyl groups excluding tert-OH is 1. The molecule has 0 amide bonds. The summed E-state index contributed by atoms with van der Waals surface area (Å²) < 4.78 is 10.7. The van der Waals surface area contributed by atoms with Crippen molar-refractivity contribution >= 4 is 23.2 Å². The molecule has 2 rings (SSSR count). The normalized spacial score (nSPS) is 10.4. The molecule has 0 radical (unpaired) electrons. The first-order valence-electron chi connectivity index (χ1n) is 5.85. The molecule has 1 aromatic carbocycles. The molecule has 0 bridgehead atoms. The van der Waals surface area contributed by atoms with Crippen LogP contribution in [0.15, 0.2) is 30.3 Å². The first-order valence-corrected chi connectivity index (χ1v) is 6.61. The van der Waals surface area contributed by atoms with Gasteiger partial charge in [-0.1, -0.05) is 29.3 Å². The van der Waals surface area contributed by atoms with Gasteiger partial charge >= 0.3 is 0 Å². The Morgan fingerprint density at radius 1 is 1.25 bits per heavy atom. The third-order valence-corrected chi connectivity index (χ3v) is 3.11. The fourth-order valence-corrected chi connectivity index (χ4v) is 2.28. The highest BCUT2D eigenvalue weighted by Crippen LogP contribution is 2.33. The molecule has 0 aliphatic rings. The Bertz CT molecular complexity index is 605. The molecule has 1 heterocycles. The number of hydrogen-bond acceptors (Lipinski definition) is 4. The van der Waals surface area contributed by atoms with Crippen molar-refractivity contribution in [2.24, 2.45) is 0 Å². The van der Waals surface area contributed by atoms with E-state index in [9.17, 15) is 5.11 Å². The van der Waals surface area contributed by atoms with Gasteiger partial charge in [0.25, 0.3) is 0 Å². The zero-order chi connectivity index (χ0) is 14.5. The summed E-state index contributed by atoms with van der Waals surface area (Å²) in [6, 6.07) is 8.56. The Hall–Kier alpha value is -1.49. The van der Waals surface area contributed by atoms with Gasteiger partial charge in [-0.3, -0.25) is 0 Å². The van der Waals surface area contributed by atoms with E-state index in [2.05, 4.69) is 4.98 Å². The number of rotatable bonds is 5. The molecule has 20 heavy (non-hydrogen) atoms. The van der Waals surface area contributed by atoms with E-state index in [1.54, 1.807) is 25.3 Å². The Balaban J connectivity index is 2.18. The maximum Gasteiger partial charge on any atom is 0.213 e. The van der Waals surface area contributed by atoms with Crippen LogP contribution in [0.25, 0.3) is 0 Å². The van der Waals surface area contributed by atoms with Crippen molar-refractivity contribution in [3.8, 4) is 11.6 Å². The van der Waals surface area contributed by atoms with E-state index >= 15 is 0 Å². The first kappa shape index (κ1) is 14.9. The van der Waals surface area contributed by atoms with Crippen LogP contribution in [-0.4, -0.2) is 17.2 Å². The predicted octanol–water partition coefficient (Wildman–Crippen LogP) is 3.47. The van der Waals surface area contributed by atoms with E-state index in [1.165, 1.54) is 0 Å². The van der Waals surface area contributed by atoms with Crippen LogP contribution in [0.4, 0.5) is 0 Å². The van der Waals surface area contributed by atoms with Gasteiger partial charge in [0.2, 0.25) is 5.88 Å². The van der Waals surface area contributed by atoms with E-state index in [0.717, 1.165) is 0 Å². The van der Waals surface area contributed by atoms with E-state index < -0.39 is 0 Å². The lowest BCUT2D eigenvalue weighted by Gasteiger charge is -2.12. The zero-order valence-electron chi connectivity index (χ0n) is 10.8. The molecule has 2 aromatic rings. The van der Waals surface area contributed by atoms with Gasteiger partial charge in [0.05, 0.1) is 24.4 Å². The molecule has 1 aromatic heterocycles. The highest BCUT2D eigenvalue weighted by molar-refractivity contribution is 6.35. The quantitative estimate of drug-likeness (QED) is 0.918. The summed E-state index contributed by atoms with van der Waals surface area (Å²) in [5.41, 5.74) is 1.23. The highest BCUT2D eigenvalue weighted by atomic mass is 35.5. The molecule has 0 unspecified atom stereocenters. The van der Waals surface area contributed by atoms with Crippen molar-refractivity contribution in [2.45, 2.75) is 13.2 Å². The van der Waals surface area contributed by atoms with Gasteiger partial charge < -0.3 is 14.6 Å². The topological polar surface area (TPSA) is 51.6 Å². The van der Waals surface area contributed by atoms with Gasteiger partial charge in [0.15, 0.2) is 0 Å². The Morgan fingerprint density at radius 3 is 2.75 bits per heavy atom. The summed E-state index contributed by atoms with van der Waals surface area (Å²) in [5, 5.41) is 10.1. The van der Waals surface area contributed by atoms with Crippen molar-refractivity contribution in [3.63, 3.8) is 0 Å². The van der Waals surface area contributed by atoms with Crippen LogP contribution in [0, 0.1) is 0 Å². The lowest BCUT2D eigenvalue weighted by Crippen LogP contribution is -2.02. The van der Waals surface area contributed by atoms with Crippen LogP contribution >= 0.6 is 23.2 Å². The zero-order valence-corrected chi connectivity index (χ0v) is 12.3. The molecule has 0 atom stereocenters. The predicted molar refractivity (Wildman–Crippen MR) is 77.5 cm³/mol. The van der Waals surface area contributed by atoms with Crippen molar-refractivity contribution < 1.29 is 14.6 Å². The molecule has 0 fully saturated rings. The van der Waals surface area contributed by atoms with E-state index in [1.807, 2.05) is 12.1 Å². The van der Waals surface area contributed by atoms with Crippen LogP contribution < -0.4 is 9.47 Å². The smallest absolute Gasteiger partial charge is 0.213 e. The summed E-state index contributed by atoms with van der Waals surface area (Å²) in [6.45, 7) is 0.00665. The molecular formula is C14H13Cl2NO3. The monoisotopic (exact) mass is 313 g/mol. The Kier molecular flexibility index (Phi) is 5.06. The third kappa shape index (κ3) is 3.54. The van der Waals surface area contributed by atoms with Crippen molar-refractivity contribution in [3.05, 3.63) is 51.6 Å². The molecule has 1 N–H and O–H groups in total. The lowest BCUT2D eigenvalue weighted by atomic mass is 10.2. The van der Waals surface area contributed by atoms with E-state index in [-0.39, 0.29) is 13.2 Å². The minimum absolute atomic E-state index is 0.207. The minimum Gasteiger partial charge on any atom is -0.485 e. The number of hydrogen-bond donors (Lipinski definition) is 1. The average molecular weight is 314 g/mol. The molecule has 0 aliphatic carbocycles. The summed E-state index contributed by atoms with van der Waals surface area (Å²) in [5.74, 6) is 0.916. The SMILES string of the molecule is COc1cccc(COc2c(Cl)cc(Cl)cc2CO)n1. The maximum absolute atomic E-state index is 9.31. The second-order valence-electron chi connectivity index (χ2n) is 3.99. The number of methoxy groups -OCH3 is 1. The van der Waals surface area contributed by atoms with Crippen molar-refractivity contribution in [1.29, 1.82) is 0 Å². The van der Waals surface area contributed by atoms with Gasteiger partial charge in [-0.05, 0) is 18.2 Å². The van der Waals surface area contributed by atoms with E-state index in [0.29, 0.717) is 32.9 Å². The lowest BCUT2D eigenvalue weighted by molar-refractivity contribution is 0.257. The minimum atomic E-state index is -0.207. The van der Waals surface area contributed by atoms with Gasteiger partial charge in [-0.15, -0.1) is 0 Å². The Morgan fingerprint density at radius 2 is 2.05 bits per heavy atom. The van der Waals surface area contributed by atoms with Gasteiger partial charge in [-0.2, -0.15) is 0 Å². The molecular weight excluding hydrogens is 301 g/mol. The fourth-order valence-electron chi connectivity index (χ4n) is 1.69. The number of ether oxygens (including phenoxy) is 2. The highest BCUT2D eigenvalue weighted by Gasteiger charge is 2.11. The number of aliphatic hydroxyl groups is 1. The molecule has 0 spiro atoms. The number of aromatic nitrogens is 1. The second-order valence-corrected chi connectivity index (χ2v) is 4.84. The van der Waals surface area contributed by atoms with Crippen LogP contribution in [0.3, 0.4) is 0 Å². The summed E-state index contributed by atoms with van der Waals surface area (Å²) >= 11 is 12.0. The number of halogens is 2. The third-order valence-electron chi connectivity index (χ3n) is 2.61. The maximum atomic E-state index is 9.31. The standard InChI is InChI=1S/C14H13Cl2NO3/c1-19-13-4-2-3-11(17-13)8-20-14-9(7-18)5-10(15)6-12(14)16/h2-6,18H,7-8H2,1H3. The molecule has 0 aliphatic heterocycles. The van der Waals surface area contributed by atoms with Crippen LogP contribution in [0.1, 0.15) is 11.3 Å². The van der Waals surface area contributed by atoms with Crippen LogP contribution in [0.5, 0.6) is 11.6 Å². The van der Waals surface area contributed by atoms with Gasteiger partial charge in [0, 0.05) is 16.7 Å². The summed E-state index contributed by atoms with van der Waals surface area (Å²) in [4.78, 5) is 4.23. The number of pyridine rings is 1. The molecule has 106 valence electrons. The fraction of sp³-hybridized carbons (Fsp3) is 0.214. The van der Waals surface area contributed by atoms with Crippen LogP contribution in [-0.2, 0) is 13.2 Å². The van der Waals surface area contributed by atoms with Crippen LogP contribution in [0.2, 0.25) is 10.0 Å². The summed E-state index contributed by atoms with van der Waals surface area (Å²) in [7, 11) is 1.55. The first-order chi connectivity index (χ1) is 9.63. The van der Waals surface area contributed by atoms with Crippen molar-refractivity contribution in [1.82, 2.24) is 4.98 Å². The largest absolute Gasteiger partial charge is 0.485 e. The second kappa shape index (κ2) is 6.79. The van der Waals surface area contributed by atoms with E-state index in [4.69, 9.17) is 32.7 Å². The number of nitrogens with zero attached hydrogens (tertiary/aromatic N) is 1. The molecule has 0 saturated heterocycles. The van der Waals surface area contributed by atoms with Crippen molar-refractivity contribution in [2.75, 3.05) is 7.11 Å². The molecule has 0 saturated carbocycles. The summed E-state index contributed by atoms with van der Waals surface area (Å²) in [6.07, 6.45) is 0. The Labute approximate surface area is 126 Å². The van der Waals surface area contributed by atoms with Gasteiger partial charge in [0.1, 0.15) is 12.4 Å². The number of benzene rings is 1. The molecule has 4 nitrogen and oxygen atoms in total. The van der Waals surface area contributed by atoms with Gasteiger partial charge in [-0.25, -0.2) is 4.98 Å². The average Bonchev–Trinajstić information content (AvgIpc) is 2.45.